The van der Waals surface area contributed by atoms with Crippen molar-refractivity contribution in [3.63, 3.8) is 0 Å². The fourth-order valence-electron chi connectivity index (χ4n) is 3.82. The molecule has 1 N–H and O–H groups in total. The number of benzene rings is 2. The van der Waals surface area contributed by atoms with E-state index in [0.717, 1.165) is 17.4 Å². The number of rotatable bonds is 5. The summed E-state index contributed by atoms with van der Waals surface area (Å²) in [6.07, 6.45) is 5.48. The van der Waals surface area contributed by atoms with Crippen molar-refractivity contribution in [1.82, 2.24) is 4.98 Å². The highest BCUT2D eigenvalue weighted by Crippen LogP contribution is 2.43. The molecule has 0 bridgehead atoms. The Morgan fingerprint density at radius 3 is 2.80 bits per heavy atom. The van der Waals surface area contributed by atoms with Crippen molar-refractivity contribution < 1.29 is 9.47 Å². The molecule has 2 heterocycles. The second kappa shape index (κ2) is 9.15. The van der Waals surface area contributed by atoms with Gasteiger partial charge in [0.15, 0.2) is 0 Å². The van der Waals surface area contributed by atoms with Crippen LogP contribution in [0.4, 0.5) is 5.69 Å². The SMILES string of the molecule is COCCOc1cc2nccc(C3CC3)c2cc1C#N.Cc1ccc2c(c1)CCN2. The van der Waals surface area contributed by atoms with Crippen molar-refractivity contribution in [2.75, 3.05) is 32.2 Å². The molecule has 2 aromatic carbocycles. The van der Waals surface area contributed by atoms with E-state index in [1.165, 1.54) is 41.6 Å². The van der Waals surface area contributed by atoms with Crippen molar-refractivity contribution >= 4 is 16.6 Å². The highest BCUT2D eigenvalue weighted by molar-refractivity contribution is 5.86. The highest BCUT2D eigenvalue weighted by atomic mass is 16.5. The molecule has 1 aliphatic heterocycles. The topological polar surface area (TPSA) is 67.2 Å². The Bertz CT molecular complexity index is 1080. The zero-order valence-corrected chi connectivity index (χ0v) is 17.6. The van der Waals surface area contributed by atoms with E-state index in [2.05, 4.69) is 47.6 Å². The Hall–Kier alpha value is -3.10. The lowest BCUT2D eigenvalue weighted by Gasteiger charge is -2.10. The summed E-state index contributed by atoms with van der Waals surface area (Å²) < 4.78 is 10.6. The first-order chi connectivity index (χ1) is 14.7. The Balaban J connectivity index is 0.000000181. The first kappa shape index (κ1) is 20.2. The van der Waals surface area contributed by atoms with Crippen LogP contribution in [0.5, 0.6) is 5.75 Å². The van der Waals surface area contributed by atoms with Gasteiger partial charge in [-0.1, -0.05) is 17.7 Å². The standard InChI is InChI=1S/C16H16N2O2.C9H11N/c1-19-6-7-20-16-9-15-14(8-12(16)10-17)13(4-5-18-15)11-2-3-11;1-7-2-3-9-8(6-7)4-5-10-9/h4-5,8-9,11H,2-3,6-7H2,1H3;2-3,6,10H,4-5H2,1H3. The van der Waals surface area contributed by atoms with Gasteiger partial charge in [0.2, 0.25) is 0 Å². The van der Waals surface area contributed by atoms with Crippen LogP contribution in [0.25, 0.3) is 10.9 Å². The van der Waals surface area contributed by atoms with Crippen molar-refractivity contribution in [3.8, 4) is 11.8 Å². The highest BCUT2D eigenvalue weighted by Gasteiger charge is 2.25. The van der Waals surface area contributed by atoms with E-state index in [-0.39, 0.29) is 0 Å². The third-order valence-corrected chi connectivity index (χ3v) is 5.53. The van der Waals surface area contributed by atoms with Crippen molar-refractivity contribution in [3.05, 3.63) is 64.8 Å². The van der Waals surface area contributed by atoms with E-state index < -0.39 is 0 Å². The minimum atomic E-state index is 0.430. The van der Waals surface area contributed by atoms with Crippen LogP contribution >= 0.6 is 0 Å². The van der Waals surface area contributed by atoms with E-state index in [1.807, 2.05) is 18.3 Å². The first-order valence-corrected chi connectivity index (χ1v) is 10.5. The van der Waals surface area contributed by atoms with Crippen molar-refractivity contribution in [2.24, 2.45) is 0 Å². The predicted molar refractivity (Wildman–Crippen MR) is 119 cm³/mol. The quantitative estimate of drug-likeness (QED) is 0.611. The van der Waals surface area contributed by atoms with Gasteiger partial charge in [-0.2, -0.15) is 5.26 Å². The molecular weight excluding hydrogens is 374 g/mol. The molecule has 30 heavy (non-hydrogen) atoms. The lowest BCUT2D eigenvalue weighted by atomic mass is 10.0. The molecule has 1 fully saturated rings. The zero-order valence-electron chi connectivity index (χ0n) is 17.6. The summed E-state index contributed by atoms with van der Waals surface area (Å²) in [7, 11) is 1.62. The summed E-state index contributed by atoms with van der Waals surface area (Å²) in [5, 5.41) is 13.7. The van der Waals surface area contributed by atoms with Crippen LogP contribution in [0.15, 0.2) is 42.6 Å². The molecule has 0 unspecified atom stereocenters. The molecule has 5 heteroatoms. The number of hydrogen-bond donors (Lipinski definition) is 1. The Morgan fingerprint density at radius 2 is 2.03 bits per heavy atom. The van der Waals surface area contributed by atoms with Gasteiger partial charge in [-0.25, -0.2) is 0 Å². The predicted octanol–water partition coefficient (Wildman–Crippen LogP) is 4.97. The smallest absolute Gasteiger partial charge is 0.139 e. The molecule has 1 aromatic heterocycles. The Kier molecular flexibility index (Phi) is 6.15. The van der Waals surface area contributed by atoms with Gasteiger partial charge in [-0.3, -0.25) is 4.98 Å². The third-order valence-electron chi connectivity index (χ3n) is 5.53. The number of hydrogen-bond acceptors (Lipinski definition) is 5. The molecule has 1 saturated carbocycles. The van der Waals surface area contributed by atoms with Gasteiger partial charge in [-0.15, -0.1) is 0 Å². The van der Waals surface area contributed by atoms with Crippen LogP contribution in [-0.4, -0.2) is 31.9 Å². The minimum absolute atomic E-state index is 0.430. The molecule has 5 nitrogen and oxygen atoms in total. The molecule has 0 spiro atoms. The third kappa shape index (κ3) is 4.55. The number of pyridine rings is 1. The first-order valence-electron chi connectivity index (χ1n) is 10.5. The van der Waals surface area contributed by atoms with E-state index in [4.69, 9.17) is 9.47 Å². The van der Waals surface area contributed by atoms with Crippen LogP contribution in [-0.2, 0) is 11.2 Å². The normalized spacial score (nSPS) is 14.3. The van der Waals surface area contributed by atoms with Crippen LogP contribution < -0.4 is 10.1 Å². The molecule has 1 aliphatic carbocycles. The Labute approximate surface area is 177 Å². The summed E-state index contributed by atoms with van der Waals surface area (Å²) >= 11 is 0. The van der Waals surface area contributed by atoms with E-state index in [0.29, 0.717) is 30.4 Å². The summed E-state index contributed by atoms with van der Waals surface area (Å²) in [6, 6.07) is 14.6. The zero-order chi connectivity index (χ0) is 20.9. The molecule has 154 valence electrons. The van der Waals surface area contributed by atoms with Crippen LogP contribution in [0.3, 0.4) is 0 Å². The van der Waals surface area contributed by atoms with Gasteiger partial charge in [-0.05, 0) is 61.4 Å². The number of aromatic nitrogens is 1. The molecule has 2 aliphatic rings. The average Bonchev–Trinajstić information content (AvgIpc) is 3.51. The number of aryl methyl sites for hydroxylation is 1. The van der Waals surface area contributed by atoms with Crippen molar-refractivity contribution in [2.45, 2.75) is 32.1 Å². The maximum absolute atomic E-state index is 9.30. The maximum atomic E-state index is 9.30. The molecule has 0 saturated heterocycles. The lowest BCUT2D eigenvalue weighted by molar-refractivity contribution is 0.146. The van der Waals surface area contributed by atoms with Gasteiger partial charge in [0, 0.05) is 37.0 Å². The van der Waals surface area contributed by atoms with Crippen LogP contribution in [0, 0.1) is 18.3 Å². The van der Waals surface area contributed by atoms with Gasteiger partial charge < -0.3 is 14.8 Å². The molecule has 0 atom stereocenters. The van der Waals surface area contributed by atoms with E-state index in [9.17, 15) is 5.26 Å². The average molecular weight is 402 g/mol. The molecule has 0 radical (unpaired) electrons. The number of nitrogens with zero attached hydrogens (tertiary/aromatic N) is 2. The van der Waals surface area contributed by atoms with E-state index >= 15 is 0 Å². The molecular formula is C25H27N3O2. The van der Waals surface area contributed by atoms with Gasteiger partial charge in [0.25, 0.3) is 0 Å². The molecule has 3 aromatic rings. The number of methoxy groups -OCH3 is 1. The van der Waals surface area contributed by atoms with Crippen LogP contribution in [0.1, 0.15) is 41.0 Å². The lowest BCUT2D eigenvalue weighted by Crippen LogP contribution is -2.05. The monoisotopic (exact) mass is 401 g/mol. The number of fused-ring (bicyclic) bond motifs is 2. The molecule has 0 amide bonds. The number of nitriles is 1. The number of anilines is 1. The van der Waals surface area contributed by atoms with Crippen molar-refractivity contribution in [1.29, 1.82) is 5.26 Å². The number of ether oxygens (including phenoxy) is 2. The fourth-order valence-corrected chi connectivity index (χ4v) is 3.82. The second-order valence-electron chi connectivity index (χ2n) is 7.83. The Morgan fingerprint density at radius 1 is 1.17 bits per heavy atom. The van der Waals surface area contributed by atoms with Gasteiger partial charge >= 0.3 is 0 Å². The minimum Gasteiger partial charge on any atom is -0.490 e. The second-order valence-corrected chi connectivity index (χ2v) is 7.83. The summed E-state index contributed by atoms with van der Waals surface area (Å²) in [5.41, 5.74) is 6.91. The van der Waals surface area contributed by atoms with Gasteiger partial charge in [0.1, 0.15) is 18.4 Å². The largest absolute Gasteiger partial charge is 0.490 e. The maximum Gasteiger partial charge on any atom is 0.139 e. The van der Waals surface area contributed by atoms with Crippen LogP contribution in [0.2, 0.25) is 0 Å². The fraction of sp³-hybridized carbons (Fsp3) is 0.360. The molecule has 5 rings (SSSR count). The number of nitrogens with one attached hydrogen (secondary N) is 1. The van der Waals surface area contributed by atoms with E-state index in [1.54, 1.807) is 7.11 Å². The van der Waals surface area contributed by atoms with Gasteiger partial charge in [0.05, 0.1) is 17.7 Å². The summed E-state index contributed by atoms with van der Waals surface area (Å²) in [4.78, 5) is 4.40. The summed E-state index contributed by atoms with van der Waals surface area (Å²) in [6.45, 7) is 4.18. The summed E-state index contributed by atoms with van der Waals surface area (Å²) in [5.74, 6) is 1.21.